The van der Waals surface area contributed by atoms with Crippen molar-refractivity contribution >= 4 is 11.8 Å². The number of nitrogens with zero attached hydrogens (tertiary/aromatic N) is 2. The molecule has 2 aromatic carbocycles. The Kier molecular flexibility index (Phi) is 7.26. The number of rotatable bonds is 6. The first-order chi connectivity index (χ1) is 16.0. The zero-order valence-electron chi connectivity index (χ0n) is 18.8. The smallest absolute Gasteiger partial charge is 0.256 e. The average Bonchev–Trinajstić information content (AvgIpc) is 2.84. The molecule has 5 nitrogen and oxygen atoms in total. The number of benzene rings is 2. The monoisotopic (exact) mass is 456 g/mol. The number of likely N-dealkylation sites (tertiary alicyclic amines) is 2. The molecular formula is C26H30F2N2O3. The summed E-state index contributed by atoms with van der Waals surface area (Å²) in [6.45, 7) is 2.54. The maximum atomic E-state index is 14.3. The molecule has 0 radical (unpaired) electrons. The third-order valence-electron chi connectivity index (χ3n) is 6.65. The number of amides is 2. The van der Waals surface area contributed by atoms with Crippen LogP contribution in [-0.2, 0) is 4.79 Å². The van der Waals surface area contributed by atoms with Gasteiger partial charge in [0.15, 0.2) is 0 Å². The highest BCUT2D eigenvalue weighted by molar-refractivity contribution is 5.94. The third-order valence-corrected chi connectivity index (χ3v) is 6.65. The Morgan fingerprint density at radius 3 is 2.30 bits per heavy atom. The first-order valence-corrected chi connectivity index (χ1v) is 11.7. The number of carbonyl (C=O) groups excluding carboxylic acids is 2. The van der Waals surface area contributed by atoms with Gasteiger partial charge < -0.3 is 14.5 Å². The van der Waals surface area contributed by atoms with E-state index in [1.807, 2.05) is 4.90 Å². The second-order valence-electron chi connectivity index (χ2n) is 9.17. The quantitative estimate of drug-likeness (QED) is 0.635. The van der Waals surface area contributed by atoms with Crippen LogP contribution >= 0.6 is 0 Å². The van der Waals surface area contributed by atoms with Crippen LogP contribution in [0.3, 0.4) is 0 Å². The van der Waals surface area contributed by atoms with Crippen LogP contribution < -0.4 is 4.74 Å². The molecule has 2 fully saturated rings. The van der Waals surface area contributed by atoms with Crippen molar-refractivity contribution in [3.63, 3.8) is 0 Å². The van der Waals surface area contributed by atoms with Gasteiger partial charge in [-0.05, 0) is 68.5 Å². The fourth-order valence-corrected chi connectivity index (χ4v) is 4.84. The minimum atomic E-state index is -0.595. The van der Waals surface area contributed by atoms with Gasteiger partial charge in [0.25, 0.3) is 5.91 Å². The number of ether oxygens (including phenoxy) is 1. The highest BCUT2D eigenvalue weighted by Gasteiger charge is 2.41. The molecule has 176 valence electrons. The molecule has 2 aliphatic rings. The van der Waals surface area contributed by atoms with Crippen LogP contribution in [-0.4, -0.2) is 54.4 Å². The topological polar surface area (TPSA) is 49.9 Å². The lowest BCUT2D eigenvalue weighted by molar-refractivity contribution is -0.136. The van der Waals surface area contributed by atoms with E-state index in [1.165, 1.54) is 24.3 Å². The fourth-order valence-electron chi connectivity index (χ4n) is 4.84. The van der Waals surface area contributed by atoms with Crippen molar-refractivity contribution in [2.24, 2.45) is 5.41 Å². The molecule has 0 aliphatic carbocycles. The zero-order chi connectivity index (χ0) is 23.3. The van der Waals surface area contributed by atoms with E-state index in [0.29, 0.717) is 25.3 Å². The summed E-state index contributed by atoms with van der Waals surface area (Å²) in [6, 6.07) is 11.7. The van der Waals surface area contributed by atoms with E-state index in [-0.39, 0.29) is 36.2 Å². The largest absolute Gasteiger partial charge is 0.493 e. The molecule has 0 spiro atoms. The van der Waals surface area contributed by atoms with Gasteiger partial charge >= 0.3 is 0 Å². The van der Waals surface area contributed by atoms with E-state index in [9.17, 15) is 18.4 Å². The Labute approximate surface area is 193 Å². The second-order valence-corrected chi connectivity index (χ2v) is 9.17. The summed E-state index contributed by atoms with van der Waals surface area (Å²) in [5.41, 5.74) is -0.558. The van der Waals surface area contributed by atoms with E-state index in [4.69, 9.17) is 4.74 Å². The molecule has 7 heteroatoms. The fraction of sp³-hybridized carbons (Fsp3) is 0.462. The summed E-state index contributed by atoms with van der Waals surface area (Å²) in [6.07, 6.45) is 4.81. The van der Waals surface area contributed by atoms with Gasteiger partial charge in [0.1, 0.15) is 17.4 Å². The SMILES string of the molecule is O=C(CC1(COc2ccc(F)cc2)CCCN(C(=O)c2ccccc2F)C1)N1CCCCC1. The Morgan fingerprint density at radius 2 is 1.58 bits per heavy atom. The van der Waals surface area contributed by atoms with Crippen molar-refractivity contribution < 1.29 is 23.1 Å². The molecule has 33 heavy (non-hydrogen) atoms. The summed E-state index contributed by atoms with van der Waals surface area (Å²) in [7, 11) is 0. The standard InChI is InChI=1S/C26H30F2N2O3/c27-20-9-11-21(12-10-20)33-19-26(17-24(31)29-14-4-1-5-15-29)13-6-16-30(18-26)25(32)22-7-2-3-8-23(22)28/h2-3,7-12H,1,4-6,13-19H2. The number of hydrogen-bond donors (Lipinski definition) is 0. The number of carbonyl (C=O) groups is 2. The Bertz CT molecular complexity index is 976. The van der Waals surface area contributed by atoms with Crippen molar-refractivity contribution in [1.82, 2.24) is 9.80 Å². The average molecular weight is 457 g/mol. The van der Waals surface area contributed by atoms with Crippen LogP contribution in [0.1, 0.15) is 48.9 Å². The lowest BCUT2D eigenvalue weighted by atomic mass is 9.77. The summed E-state index contributed by atoms with van der Waals surface area (Å²) in [4.78, 5) is 29.8. The van der Waals surface area contributed by atoms with Crippen molar-refractivity contribution in [3.8, 4) is 5.75 Å². The van der Waals surface area contributed by atoms with Crippen molar-refractivity contribution in [3.05, 3.63) is 65.7 Å². The molecule has 1 unspecified atom stereocenters. The van der Waals surface area contributed by atoms with Crippen molar-refractivity contribution in [1.29, 1.82) is 0 Å². The number of piperidine rings is 2. The maximum Gasteiger partial charge on any atom is 0.256 e. The normalized spacial score (nSPS) is 21.0. The molecule has 1 atom stereocenters. The van der Waals surface area contributed by atoms with E-state index in [1.54, 1.807) is 29.2 Å². The summed E-state index contributed by atoms with van der Waals surface area (Å²) in [5, 5.41) is 0. The summed E-state index contributed by atoms with van der Waals surface area (Å²) in [5.74, 6) is -0.692. The first-order valence-electron chi connectivity index (χ1n) is 11.7. The van der Waals surface area contributed by atoms with Crippen molar-refractivity contribution in [2.75, 3.05) is 32.8 Å². The van der Waals surface area contributed by atoms with E-state index >= 15 is 0 Å². The molecule has 4 rings (SSSR count). The van der Waals surface area contributed by atoms with Gasteiger partial charge in [0.2, 0.25) is 5.91 Å². The molecular weight excluding hydrogens is 426 g/mol. The van der Waals surface area contributed by atoms with Crippen LogP contribution in [0, 0.1) is 17.0 Å². The lowest BCUT2D eigenvalue weighted by Gasteiger charge is -2.43. The van der Waals surface area contributed by atoms with E-state index in [2.05, 4.69) is 0 Å². The van der Waals surface area contributed by atoms with Crippen LogP contribution in [0.5, 0.6) is 5.75 Å². The van der Waals surface area contributed by atoms with E-state index < -0.39 is 11.2 Å². The predicted molar refractivity (Wildman–Crippen MR) is 121 cm³/mol. The van der Waals surface area contributed by atoms with Gasteiger partial charge in [-0.15, -0.1) is 0 Å². The highest BCUT2D eigenvalue weighted by Crippen LogP contribution is 2.36. The van der Waals surface area contributed by atoms with Gasteiger partial charge in [-0.2, -0.15) is 0 Å². The number of hydrogen-bond acceptors (Lipinski definition) is 3. The molecule has 2 amide bonds. The van der Waals surface area contributed by atoms with Gasteiger partial charge in [-0.3, -0.25) is 9.59 Å². The molecule has 0 bridgehead atoms. The Hall–Kier alpha value is -2.96. The molecule has 2 heterocycles. The predicted octanol–water partition coefficient (Wildman–Crippen LogP) is 4.67. The maximum absolute atomic E-state index is 14.3. The van der Waals surface area contributed by atoms with Crippen LogP contribution in [0.15, 0.2) is 48.5 Å². The summed E-state index contributed by atoms with van der Waals surface area (Å²) < 4.78 is 33.6. The zero-order valence-corrected chi connectivity index (χ0v) is 18.8. The first kappa shape index (κ1) is 23.2. The van der Waals surface area contributed by atoms with E-state index in [0.717, 1.165) is 38.8 Å². The van der Waals surface area contributed by atoms with Crippen LogP contribution in [0.4, 0.5) is 8.78 Å². The molecule has 2 aliphatic heterocycles. The molecule has 0 saturated carbocycles. The van der Waals surface area contributed by atoms with Crippen LogP contribution in [0.25, 0.3) is 0 Å². The van der Waals surface area contributed by atoms with Gasteiger partial charge in [0.05, 0.1) is 12.2 Å². The minimum Gasteiger partial charge on any atom is -0.493 e. The molecule has 2 aromatic rings. The van der Waals surface area contributed by atoms with Crippen LogP contribution in [0.2, 0.25) is 0 Å². The minimum absolute atomic E-state index is 0.0371. The molecule has 0 aromatic heterocycles. The Morgan fingerprint density at radius 1 is 0.879 bits per heavy atom. The highest BCUT2D eigenvalue weighted by atomic mass is 19.1. The van der Waals surface area contributed by atoms with Gasteiger partial charge in [-0.1, -0.05) is 12.1 Å². The third kappa shape index (κ3) is 5.70. The Balaban J connectivity index is 1.54. The molecule has 2 saturated heterocycles. The molecule has 0 N–H and O–H groups in total. The lowest BCUT2D eigenvalue weighted by Crippen LogP contribution is -2.51. The number of halogens is 2. The summed E-state index contributed by atoms with van der Waals surface area (Å²) >= 11 is 0. The van der Waals surface area contributed by atoms with Gasteiger partial charge in [0, 0.05) is 38.0 Å². The second kappa shape index (κ2) is 10.3. The van der Waals surface area contributed by atoms with Gasteiger partial charge in [-0.25, -0.2) is 8.78 Å². The van der Waals surface area contributed by atoms with Crippen molar-refractivity contribution in [2.45, 2.75) is 38.5 Å².